The van der Waals surface area contributed by atoms with Gasteiger partial charge in [-0.05, 0) is 44.3 Å². The molecule has 1 unspecified atom stereocenters. The Kier molecular flexibility index (Phi) is 5.41. The van der Waals surface area contributed by atoms with Gasteiger partial charge in [0.05, 0.1) is 27.1 Å². The fourth-order valence-electron chi connectivity index (χ4n) is 3.54. The Hall–Kier alpha value is -2.70. The number of fused-ring (bicyclic) bond motifs is 1. The predicted octanol–water partition coefficient (Wildman–Crippen LogP) is 4.88. The van der Waals surface area contributed by atoms with E-state index in [4.69, 9.17) is 4.99 Å². The van der Waals surface area contributed by atoms with Gasteiger partial charge in [-0.25, -0.2) is 4.98 Å². The third kappa shape index (κ3) is 3.79. The Morgan fingerprint density at radius 1 is 1.29 bits per heavy atom. The van der Waals surface area contributed by atoms with E-state index < -0.39 is 0 Å². The van der Waals surface area contributed by atoms with Gasteiger partial charge in [-0.2, -0.15) is 0 Å². The maximum Gasteiger partial charge on any atom is 0.0815 e. The molecule has 0 saturated carbocycles. The molecule has 1 aliphatic heterocycles. The van der Waals surface area contributed by atoms with Gasteiger partial charge in [0.15, 0.2) is 0 Å². The lowest BCUT2D eigenvalue weighted by Crippen LogP contribution is -2.33. The molecule has 0 amide bonds. The van der Waals surface area contributed by atoms with Gasteiger partial charge < -0.3 is 0 Å². The van der Waals surface area contributed by atoms with Crippen molar-refractivity contribution in [2.24, 2.45) is 9.98 Å². The minimum Gasteiger partial charge on any atom is -0.290 e. The zero-order chi connectivity index (χ0) is 19.5. The third-order valence-corrected chi connectivity index (χ3v) is 6.09. The first-order valence-electron chi connectivity index (χ1n) is 9.37. The summed E-state index contributed by atoms with van der Waals surface area (Å²) < 4.78 is 1.23. The Labute approximate surface area is 169 Å². The molecule has 1 aromatic carbocycles. The summed E-state index contributed by atoms with van der Waals surface area (Å²) in [6.45, 7) is 9.73. The monoisotopic (exact) mass is 389 g/mol. The van der Waals surface area contributed by atoms with Gasteiger partial charge in [0.1, 0.15) is 0 Å². The molecule has 3 heterocycles. The van der Waals surface area contributed by atoms with Crippen LogP contribution in [0.25, 0.3) is 10.2 Å². The molecule has 0 saturated heterocycles. The number of rotatable bonds is 5. The molecule has 28 heavy (non-hydrogen) atoms. The van der Waals surface area contributed by atoms with E-state index in [-0.39, 0.29) is 6.04 Å². The van der Waals surface area contributed by atoms with Crippen molar-refractivity contribution < 1.29 is 0 Å². The number of aliphatic imine (C=N–C) groups is 2. The highest BCUT2D eigenvalue weighted by atomic mass is 32.1. The number of pyridine rings is 1. The normalized spacial score (nSPS) is 17.1. The van der Waals surface area contributed by atoms with E-state index in [2.05, 4.69) is 51.7 Å². The van der Waals surface area contributed by atoms with E-state index in [1.807, 2.05) is 30.8 Å². The van der Waals surface area contributed by atoms with Crippen molar-refractivity contribution in [2.75, 3.05) is 13.1 Å². The average Bonchev–Trinajstić information content (AvgIpc) is 3.22. The van der Waals surface area contributed by atoms with Crippen molar-refractivity contribution in [1.82, 2.24) is 14.9 Å². The second-order valence-corrected chi connectivity index (χ2v) is 7.85. The summed E-state index contributed by atoms with van der Waals surface area (Å²) in [6, 6.07) is 10.8. The summed E-state index contributed by atoms with van der Waals surface area (Å²) in [5.41, 5.74) is 8.22. The molecular formula is C22H23N5S. The topological polar surface area (TPSA) is 53.7 Å². The molecule has 3 aromatic rings. The molecule has 1 aliphatic rings. The zero-order valence-electron chi connectivity index (χ0n) is 16.2. The molecule has 0 bridgehead atoms. The van der Waals surface area contributed by atoms with Gasteiger partial charge >= 0.3 is 0 Å². The van der Waals surface area contributed by atoms with Gasteiger partial charge in [-0.15, -0.1) is 11.3 Å². The quantitative estimate of drug-likeness (QED) is 0.585. The van der Waals surface area contributed by atoms with Crippen LogP contribution in [0.4, 0.5) is 0 Å². The molecular weight excluding hydrogens is 366 g/mol. The lowest BCUT2D eigenvalue weighted by Gasteiger charge is -2.33. The smallest absolute Gasteiger partial charge is 0.0815 e. The largest absolute Gasteiger partial charge is 0.290 e. The summed E-state index contributed by atoms with van der Waals surface area (Å²) in [4.78, 5) is 20.2. The first kappa shape index (κ1) is 18.7. The number of benzene rings is 1. The minimum absolute atomic E-state index is 0.285. The summed E-state index contributed by atoms with van der Waals surface area (Å²) in [5, 5.41) is 0. The predicted molar refractivity (Wildman–Crippen MR) is 117 cm³/mol. The number of aromatic nitrogens is 2. The Balaban J connectivity index is 1.56. The number of hydrogen-bond acceptors (Lipinski definition) is 6. The van der Waals surface area contributed by atoms with Gasteiger partial charge in [-0.3, -0.25) is 19.9 Å². The minimum atomic E-state index is 0.285. The highest BCUT2D eigenvalue weighted by molar-refractivity contribution is 7.16. The molecule has 4 rings (SSSR count). The van der Waals surface area contributed by atoms with Crippen molar-refractivity contribution in [3.8, 4) is 0 Å². The standard InChI is InChI=1S/C22H23N5S/c1-15(18-5-4-9-24-12-18)26-19-8-10-27(13-21(19)23-3)16(2)17-6-7-22-20(11-17)25-14-28-22/h4-7,9,11-12,14,16H,3,8,10,13H2,1-2H3. The van der Waals surface area contributed by atoms with E-state index in [1.54, 1.807) is 17.5 Å². The first-order chi connectivity index (χ1) is 13.7. The van der Waals surface area contributed by atoms with E-state index in [0.29, 0.717) is 0 Å². The lowest BCUT2D eigenvalue weighted by molar-refractivity contribution is 0.219. The number of thiazole rings is 1. The zero-order valence-corrected chi connectivity index (χ0v) is 17.0. The average molecular weight is 390 g/mol. The maximum atomic E-state index is 4.85. The maximum absolute atomic E-state index is 4.85. The van der Waals surface area contributed by atoms with Crippen LogP contribution in [0.2, 0.25) is 0 Å². The Morgan fingerprint density at radius 3 is 2.96 bits per heavy atom. The van der Waals surface area contributed by atoms with Crippen molar-refractivity contribution in [1.29, 1.82) is 0 Å². The van der Waals surface area contributed by atoms with Crippen LogP contribution in [0.1, 0.15) is 37.4 Å². The fourth-order valence-corrected chi connectivity index (χ4v) is 4.20. The van der Waals surface area contributed by atoms with Gasteiger partial charge in [0, 0.05) is 49.2 Å². The van der Waals surface area contributed by atoms with Crippen LogP contribution in [0.3, 0.4) is 0 Å². The van der Waals surface area contributed by atoms with Crippen molar-refractivity contribution >= 4 is 34.0 Å². The molecule has 5 nitrogen and oxygen atoms in total. The molecule has 6 heteroatoms. The molecule has 0 fully saturated rings. The number of hydrogen-bond donors (Lipinski definition) is 0. The summed E-state index contributed by atoms with van der Waals surface area (Å²) in [5.74, 6) is 0. The van der Waals surface area contributed by atoms with Crippen LogP contribution >= 0.6 is 11.3 Å². The fraction of sp³-hybridized carbons (Fsp3) is 0.273. The van der Waals surface area contributed by atoms with Crippen molar-refractivity contribution in [2.45, 2.75) is 26.3 Å². The molecule has 0 aliphatic carbocycles. The lowest BCUT2D eigenvalue weighted by atomic mass is 10.0. The SMILES string of the molecule is C=NC1=C(N=C(C)c2cccnc2)CCN(C(C)c2ccc3scnc3c2)C1. The van der Waals surface area contributed by atoms with Crippen molar-refractivity contribution in [3.63, 3.8) is 0 Å². The second kappa shape index (κ2) is 8.12. The van der Waals surface area contributed by atoms with E-state index in [0.717, 1.165) is 47.7 Å². The highest BCUT2D eigenvalue weighted by Gasteiger charge is 2.23. The van der Waals surface area contributed by atoms with Crippen LogP contribution in [0.5, 0.6) is 0 Å². The van der Waals surface area contributed by atoms with Crippen LogP contribution in [-0.4, -0.2) is 40.4 Å². The Morgan fingerprint density at radius 2 is 2.18 bits per heavy atom. The molecule has 0 radical (unpaired) electrons. The number of nitrogens with zero attached hydrogens (tertiary/aromatic N) is 5. The van der Waals surface area contributed by atoms with Gasteiger partial charge in [0.25, 0.3) is 0 Å². The van der Waals surface area contributed by atoms with Crippen LogP contribution < -0.4 is 0 Å². The molecule has 0 N–H and O–H groups in total. The van der Waals surface area contributed by atoms with Gasteiger partial charge in [-0.1, -0.05) is 12.1 Å². The Bertz CT molecular complexity index is 1050. The van der Waals surface area contributed by atoms with Crippen LogP contribution in [-0.2, 0) is 0 Å². The summed E-state index contributed by atoms with van der Waals surface area (Å²) >= 11 is 1.68. The first-order valence-corrected chi connectivity index (χ1v) is 10.3. The van der Waals surface area contributed by atoms with Gasteiger partial charge in [0.2, 0.25) is 0 Å². The van der Waals surface area contributed by atoms with E-state index >= 15 is 0 Å². The highest BCUT2D eigenvalue weighted by Crippen LogP contribution is 2.30. The van der Waals surface area contributed by atoms with Crippen molar-refractivity contribution in [3.05, 3.63) is 70.8 Å². The van der Waals surface area contributed by atoms with E-state index in [9.17, 15) is 0 Å². The molecule has 142 valence electrons. The van der Waals surface area contributed by atoms with Crippen LogP contribution in [0, 0.1) is 0 Å². The third-order valence-electron chi connectivity index (χ3n) is 5.28. The van der Waals surface area contributed by atoms with Crippen LogP contribution in [0.15, 0.2) is 69.6 Å². The molecule has 2 aromatic heterocycles. The van der Waals surface area contributed by atoms with E-state index in [1.165, 1.54) is 10.3 Å². The second-order valence-electron chi connectivity index (χ2n) is 6.97. The summed E-state index contributed by atoms with van der Waals surface area (Å²) in [7, 11) is 0. The summed E-state index contributed by atoms with van der Waals surface area (Å²) in [6.07, 6.45) is 4.47. The molecule has 1 atom stereocenters. The molecule has 0 spiro atoms.